The molecule has 0 spiro atoms. The zero-order chi connectivity index (χ0) is 9.68. The molecule has 0 atom stereocenters. The first-order chi connectivity index (χ1) is 6.27. The molecule has 0 unspecified atom stereocenters. The van der Waals surface area contributed by atoms with E-state index in [1.165, 1.54) is 0 Å². The van der Waals surface area contributed by atoms with Crippen molar-refractivity contribution in [3.63, 3.8) is 0 Å². The molecule has 0 aliphatic rings. The minimum absolute atomic E-state index is 0.570. The fourth-order valence-electron chi connectivity index (χ4n) is 0.965. The summed E-state index contributed by atoms with van der Waals surface area (Å²) in [5.74, 6) is 0. The molecule has 0 bridgehead atoms. The van der Waals surface area contributed by atoms with Crippen LogP contribution in [0, 0.1) is 0 Å². The van der Waals surface area contributed by atoms with Gasteiger partial charge >= 0.3 is 0 Å². The second kappa shape index (κ2) is 5.11. The van der Waals surface area contributed by atoms with Crippen molar-refractivity contribution in [3.05, 3.63) is 22.7 Å². The van der Waals surface area contributed by atoms with Crippen LogP contribution in [0.4, 0.5) is 0 Å². The first kappa shape index (κ1) is 10.4. The van der Waals surface area contributed by atoms with Crippen molar-refractivity contribution in [2.45, 2.75) is 13.0 Å². The van der Waals surface area contributed by atoms with Crippen LogP contribution in [-0.4, -0.2) is 18.6 Å². The van der Waals surface area contributed by atoms with E-state index in [1.807, 2.05) is 5.38 Å². The third kappa shape index (κ3) is 2.91. The lowest BCUT2D eigenvalue weighted by molar-refractivity contribution is 0.184. The van der Waals surface area contributed by atoms with E-state index in [1.54, 1.807) is 18.4 Å². The number of aromatic nitrogens is 1. The van der Waals surface area contributed by atoms with E-state index in [0.29, 0.717) is 13.2 Å². The highest BCUT2D eigenvalue weighted by molar-refractivity contribution is 7.09. The Morgan fingerprint density at radius 3 is 3.15 bits per heavy atom. The molecule has 0 saturated heterocycles. The Hall–Kier alpha value is -0.710. The second-order valence-corrected chi connectivity index (χ2v) is 3.64. The van der Waals surface area contributed by atoms with Gasteiger partial charge < -0.3 is 10.5 Å². The zero-order valence-corrected chi connectivity index (χ0v) is 8.56. The van der Waals surface area contributed by atoms with E-state index in [-0.39, 0.29) is 0 Å². The van der Waals surface area contributed by atoms with Crippen molar-refractivity contribution in [2.24, 2.45) is 5.73 Å². The molecule has 1 aromatic rings. The summed E-state index contributed by atoms with van der Waals surface area (Å²) in [7, 11) is 1.66. The van der Waals surface area contributed by atoms with Crippen LogP contribution in [0.15, 0.2) is 12.0 Å². The summed E-state index contributed by atoms with van der Waals surface area (Å²) in [5, 5.41) is 2.97. The Kier molecular flexibility index (Phi) is 4.08. The molecule has 1 heterocycles. The Balaban J connectivity index is 2.62. The van der Waals surface area contributed by atoms with Crippen LogP contribution in [0.3, 0.4) is 0 Å². The number of hydrogen-bond donors (Lipinski definition) is 1. The van der Waals surface area contributed by atoms with Gasteiger partial charge in [-0.2, -0.15) is 0 Å². The third-order valence-corrected chi connectivity index (χ3v) is 2.45. The molecule has 13 heavy (non-hydrogen) atoms. The van der Waals surface area contributed by atoms with Crippen LogP contribution in [0.2, 0.25) is 0 Å². The maximum absolute atomic E-state index is 5.42. The average Bonchev–Trinajstić information content (AvgIpc) is 2.54. The lowest BCUT2D eigenvalue weighted by atomic mass is 10.2. The van der Waals surface area contributed by atoms with Gasteiger partial charge in [0.05, 0.1) is 12.3 Å². The first-order valence-corrected chi connectivity index (χ1v) is 4.97. The fraction of sp³-hybridized carbons (Fsp3) is 0.444. The van der Waals surface area contributed by atoms with Crippen molar-refractivity contribution < 1.29 is 4.74 Å². The summed E-state index contributed by atoms with van der Waals surface area (Å²) in [4.78, 5) is 4.36. The van der Waals surface area contributed by atoms with Gasteiger partial charge in [-0.25, -0.2) is 4.98 Å². The predicted molar refractivity (Wildman–Crippen MR) is 55.5 cm³/mol. The standard InChI is InChI=1S/C9H14N2OS/c1-7(3-4-10)8-6-13-9(11-8)5-12-2/h6H,1,3-5,10H2,2H3. The Morgan fingerprint density at radius 2 is 2.54 bits per heavy atom. The molecular formula is C9H14N2OS. The monoisotopic (exact) mass is 198 g/mol. The summed E-state index contributed by atoms with van der Waals surface area (Å²) in [6, 6.07) is 0. The summed E-state index contributed by atoms with van der Waals surface area (Å²) in [6.45, 7) is 5.10. The van der Waals surface area contributed by atoms with Crippen LogP contribution in [0.1, 0.15) is 17.1 Å². The predicted octanol–water partition coefficient (Wildman–Crippen LogP) is 1.65. The van der Waals surface area contributed by atoms with Crippen LogP contribution < -0.4 is 5.73 Å². The van der Waals surface area contributed by atoms with E-state index in [4.69, 9.17) is 10.5 Å². The van der Waals surface area contributed by atoms with E-state index >= 15 is 0 Å². The number of methoxy groups -OCH3 is 1. The van der Waals surface area contributed by atoms with Gasteiger partial charge in [-0.05, 0) is 18.5 Å². The lowest BCUT2D eigenvalue weighted by Gasteiger charge is -1.97. The molecule has 3 nitrogen and oxygen atoms in total. The molecule has 0 radical (unpaired) electrons. The smallest absolute Gasteiger partial charge is 0.119 e. The van der Waals surface area contributed by atoms with Gasteiger partial charge in [-0.1, -0.05) is 6.58 Å². The molecule has 0 amide bonds. The Labute approximate surface area is 82.2 Å². The largest absolute Gasteiger partial charge is 0.378 e. The molecule has 0 aliphatic heterocycles. The lowest BCUT2D eigenvalue weighted by Crippen LogP contribution is -1.99. The van der Waals surface area contributed by atoms with Crippen LogP contribution in [0.5, 0.6) is 0 Å². The van der Waals surface area contributed by atoms with Crippen LogP contribution in [0.25, 0.3) is 5.57 Å². The summed E-state index contributed by atoms with van der Waals surface area (Å²) >= 11 is 1.59. The summed E-state index contributed by atoms with van der Waals surface area (Å²) in [5.41, 5.74) is 7.37. The maximum atomic E-state index is 5.42. The molecule has 4 heteroatoms. The van der Waals surface area contributed by atoms with Crippen molar-refractivity contribution in [1.29, 1.82) is 0 Å². The number of nitrogens with two attached hydrogens (primary N) is 1. The van der Waals surface area contributed by atoms with Gasteiger partial charge in [0.1, 0.15) is 5.01 Å². The zero-order valence-electron chi connectivity index (χ0n) is 7.75. The second-order valence-electron chi connectivity index (χ2n) is 2.70. The topological polar surface area (TPSA) is 48.1 Å². The van der Waals surface area contributed by atoms with Gasteiger partial charge in [-0.3, -0.25) is 0 Å². The molecule has 1 rings (SSSR count). The van der Waals surface area contributed by atoms with Crippen molar-refractivity contribution >= 4 is 16.9 Å². The van der Waals surface area contributed by atoms with E-state index in [0.717, 1.165) is 22.7 Å². The van der Waals surface area contributed by atoms with Gasteiger partial charge in [0.15, 0.2) is 0 Å². The molecule has 2 N–H and O–H groups in total. The molecule has 1 aromatic heterocycles. The SMILES string of the molecule is C=C(CCN)c1csc(COC)n1. The van der Waals surface area contributed by atoms with E-state index in [2.05, 4.69) is 11.6 Å². The fourth-order valence-corrected chi connectivity index (χ4v) is 1.77. The number of nitrogens with zero attached hydrogens (tertiary/aromatic N) is 1. The van der Waals surface area contributed by atoms with E-state index in [9.17, 15) is 0 Å². The van der Waals surface area contributed by atoms with Crippen molar-refractivity contribution in [2.75, 3.05) is 13.7 Å². The van der Waals surface area contributed by atoms with Gasteiger partial charge in [0, 0.05) is 12.5 Å². The Bertz CT molecular complexity index is 283. The first-order valence-electron chi connectivity index (χ1n) is 4.09. The van der Waals surface area contributed by atoms with Crippen LogP contribution >= 0.6 is 11.3 Å². The Morgan fingerprint density at radius 1 is 1.77 bits per heavy atom. The van der Waals surface area contributed by atoms with Gasteiger partial charge in [0.2, 0.25) is 0 Å². The number of ether oxygens (including phenoxy) is 1. The van der Waals surface area contributed by atoms with E-state index < -0.39 is 0 Å². The number of thiazole rings is 1. The van der Waals surface area contributed by atoms with Crippen molar-refractivity contribution in [3.8, 4) is 0 Å². The van der Waals surface area contributed by atoms with Crippen LogP contribution in [-0.2, 0) is 11.3 Å². The molecule has 0 saturated carbocycles. The molecule has 0 aromatic carbocycles. The number of hydrogen-bond acceptors (Lipinski definition) is 4. The highest BCUT2D eigenvalue weighted by Gasteiger charge is 2.03. The maximum Gasteiger partial charge on any atom is 0.119 e. The quantitative estimate of drug-likeness (QED) is 0.782. The average molecular weight is 198 g/mol. The molecule has 0 fully saturated rings. The summed E-state index contributed by atoms with van der Waals surface area (Å²) in [6.07, 6.45) is 0.802. The van der Waals surface area contributed by atoms with Crippen molar-refractivity contribution in [1.82, 2.24) is 4.98 Å². The normalized spacial score (nSPS) is 10.3. The van der Waals surface area contributed by atoms with Gasteiger partial charge in [0.25, 0.3) is 0 Å². The number of rotatable bonds is 5. The molecule has 72 valence electrons. The minimum atomic E-state index is 0.570. The molecule has 0 aliphatic carbocycles. The molecular weight excluding hydrogens is 184 g/mol. The highest BCUT2D eigenvalue weighted by Crippen LogP contribution is 2.18. The third-order valence-electron chi connectivity index (χ3n) is 1.63. The summed E-state index contributed by atoms with van der Waals surface area (Å²) < 4.78 is 4.97. The van der Waals surface area contributed by atoms with Gasteiger partial charge in [-0.15, -0.1) is 11.3 Å². The minimum Gasteiger partial charge on any atom is -0.378 e. The highest BCUT2D eigenvalue weighted by atomic mass is 32.1.